The Morgan fingerprint density at radius 2 is 1.82 bits per heavy atom. The first-order chi connectivity index (χ1) is 8.17. The maximum Gasteiger partial charge on any atom is 0.225 e. The first-order valence-corrected chi connectivity index (χ1v) is 7.16. The molecule has 1 spiro atoms. The van der Waals surface area contributed by atoms with Gasteiger partial charge in [-0.25, -0.2) is 0 Å². The van der Waals surface area contributed by atoms with Crippen LogP contribution in [0.2, 0.25) is 0 Å². The van der Waals surface area contributed by atoms with Crippen LogP contribution in [-0.4, -0.2) is 37.0 Å². The Morgan fingerprint density at radius 3 is 2.35 bits per heavy atom. The smallest absolute Gasteiger partial charge is 0.225 e. The minimum absolute atomic E-state index is 0.206. The number of carbonyl (C=O) groups is 1. The lowest BCUT2D eigenvalue weighted by molar-refractivity contribution is -0.137. The van der Waals surface area contributed by atoms with Gasteiger partial charge in [0.1, 0.15) is 0 Å². The highest BCUT2D eigenvalue weighted by Gasteiger charge is 2.37. The molecule has 1 amide bonds. The molecule has 3 heteroatoms. The molecule has 2 heterocycles. The lowest BCUT2D eigenvalue weighted by Crippen LogP contribution is -2.48. The Morgan fingerprint density at radius 1 is 1.24 bits per heavy atom. The van der Waals surface area contributed by atoms with Crippen molar-refractivity contribution in [2.24, 2.45) is 11.3 Å². The summed E-state index contributed by atoms with van der Waals surface area (Å²) in [5.41, 5.74) is 0.553. The zero-order chi connectivity index (χ0) is 12.3. The molecule has 2 saturated heterocycles. The SMILES string of the molecule is CCC(C)C(=O)N1CCC2(CCNCC2)CC1. The molecule has 0 saturated carbocycles. The summed E-state index contributed by atoms with van der Waals surface area (Å²) >= 11 is 0. The minimum Gasteiger partial charge on any atom is -0.342 e. The van der Waals surface area contributed by atoms with Crippen LogP contribution in [0.3, 0.4) is 0 Å². The van der Waals surface area contributed by atoms with Gasteiger partial charge in [0, 0.05) is 19.0 Å². The molecule has 2 rings (SSSR count). The standard InChI is InChI=1S/C14H26N2O/c1-3-12(2)13(17)16-10-6-14(7-11-16)4-8-15-9-5-14/h12,15H,3-11H2,1-2H3. The largest absolute Gasteiger partial charge is 0.342 e. The number of rotatable bonds is 2. The Kier molecular flexibility index (Phi) is 4.08. The van der Waals surface area contributed by atoms with E-state index in [1.807, 2.05) is 0 Å². The van der Waals surface area contributed by atoms with E-state index in [1.165, 1.54) is 38.8 Å². The van der Waals surface area contributed by atoms with Crippen molar-refractivity contribution < 1.29 is 4.79 Å². The van der Waals surface area contributed by atoms with E-state index in [9.17, 15) is 4.79 Å². The Balaban J connectivity index is 1.87. The van der Waals surface area contributed by atoms with Crippen LogP contribution in [0.4, 0.5) is 0 Å². The Hall–Kier alpha value is -0.570. The molecule has 0 aliphatic carbocycles. The Labute approximate surface area is 105 Å². The summed E-state index contributed by atoms with van der Waals surface area (Å²) < 4.78 is 0. The molecule has 1 atom stereocenters. The third kappa shape index (κ3) is 2.82. The van der Waals surface area contributed by atoms with Crippen LogP contribution in [0.1, 0.15) is 46.0 Å². The number of hydrogen-bond acceptors (Lipinski definition) is 2. The second kappa shape index (κ2) is 5.38. The van der Waals surface area contributed by atoms with E-state index in [0.29, 0.717) is 11.3 Å². The van der Waals surface area contributed by atoms with Crippen LogP contribution < -0.4 is 5.32 Å². The summed E-state index contributed by atoms with van der Waals surface area (Å²) in [5.74, 6) is 0.577. The van der Waals surface area contributed by atoms with E-state index in [2.05, 4.69) is 24.1 Å². The predicted molar refractivity (Wildman–Crippen MR) is 69.8 cm³/mol. The normalized spacial score (nSPS) is 25.9. The third-order valence-corrected chi connectivity index (χ3v) is 4.83. The lowest BCUT2D eigenvalue weighted by Gasteiger charge is -2.44. The highest BCUT2D eigenvalue weighted by molar-refractivity contribution is 5.78. The van der Waals surface area contributed by atoms with Crippen molar-refractivity contribution in [3.8, 4) is 0 Å². The summed E-state index contributed by atoms with van der Waals surface area (Å²) in [6.07, 6.45) is 6.01. The quantitative estimate of drug-likeness (QED) is 0.798. The molecule has 0 aromatic rings. The van der Waals surface area contributed by atoms with Gasteiger partial charge in [0.05, 0.1) is 0 Å². The molecule has 0 radical (unpaired) electrons. The fourth-order valence-corrected chi connectivity index (χ4v) is 3.14. The fraction of sp³-hybridized carbons (Fsp3) is 0.929. The number of nitrogens with one attached hydrogen (secondary N) is 1. The number of nitrogens with zero attached hydrogens (tertiary/aromatic N) is 1. The van der Waals surface area contributed by atoms with E-state index in [-0.39, 0.29) is 5.92 Å². The van der Waals surface area contributed by atoms with Gasteiger partial charge in [-0.05, 0) is 50.6 Å². The molecule has 0 aromatic heterocycles. The van der Waals surface area contributed by atoms with Crippen molar-refractivity contribution in [3.05, 3.63) is 0 Å². The average Bonchev–Trinajstić information content (AvgIpc) is 2.39. The van der Waals surface area contributed by atoms with Crippen molar-refractivity contribution in [1.29, 1.82) is 0 Å². The van der Waals surface area contributed by atoms with Gasteiger partial charge in [0.15, 0.2) is 0 Å². The fourth-order valence-electron chi connectivity index (χ4n) is 3.14. The zero-order valence-corrected chi connectivity index (χ0v) is 11.3. The maximum absolute atomic E-state index is 12.1. The van der Waals surface area contributed by atoms with E-state index >= 15 is 0 Å². The van der Waals surface area contributed by atoms with Gasteiger partial charge < -0.3 is 10.2 Å². The van der Waals surface area contributed by atoms with Crippen molar-refractivity contribution in [2.45, 2.75) is 46.0 Å². The van der Waals surface area contributed by atoms with Gasteiger partial charge in [0.2, 0.25) is 5.91 Å². The summed E-state index contributed by atoms with van der Waals surface area (Å²) in [6.45, 7) is 8.46. The van der Waals surface area contributed by atoms with Gasteiger partial charge in [-0.2, -0.15) is 0 Å². The Bertz CT molecular complexity index is 261. The molecule has 0 aromatic carbocycles. The minimum atomic E-state index is 0.206. The van der Waals surface area contributed by atoms with Gasteiger partial charge in [-0.1, -0.05) is 13.8 Å². The second-order valence-electron chi connectivity index (χ2n) is 5.88. The van der Waals surface area contributed by atoms with E-state index in [0.717, 1.165) is 19.5 Å². The van der Waals surface area contributed by atoms with Crippen molar-refractivity contribution >= 4 is 5.91 Å². The number of likely N-dealkylation sites (tertiary alicyclic amines) is 1. The molecular formula is C14H26N2O. The lowest BCUT2D eigenvalue weighted by atomic mass is 9.71. The van der Waals surface area contributed by atoms with Crippen molar-refractivity contribution in [3.63, 3.8) is 0 Å². The van der Waals surface area contributed by atoms with E-state index < -0.39 is 0 Å². The van der Waals surface area contributed by atoms with Crippen molar-refractivity contribution in [2.75, 3.05) is 26.2 Å². The van der Waals surface area contributed by atoms with Crippen LogP contribution in [0.15, 0.2) is 0 Å². The predicted octanol–water partition coefficient (Wildman–Crippen LogP) is 2.02. The highest BCUT2D eigenvalue weighted by Crippen LogP contribution is 2.39. The molecule has 1 N–H and O–H groups in total. The number of piperidine rings is 2. The molecule has 17 heavy (non-hydrogen) atoms. The highest BCUT2D eigenvalue weighted by atomic mass is 16.2. The molecule has 98 valence electrons. The van der Waals surface area contributed by atoms with Crippen LogP contribution in [0.5, 0.6) is 0 Å². The second-order valence-corrected chi connectivity index (χ2v) is 5.88. The zero-order valence-electron chi connectivity index (χ0n) is 11.3. The molecule has 2 fully saturated rings. The van der Waals surface area contributed by atoms with Gasteiger partial charge in [-0.3, -0.25) is 4.79 Å². The van der Waals surface area contributed by atoms with E-state index in [4.69, 9.17) is 0 Å². The number of hydrogen-bond donors (Lipinski definition) is 1. The van der Waals surface area contributed by atoms with Crippen LogP contribution >= 0.6 is 0 Å². The molecule has 2 aliphatic heterocycles. The van der Waals surface area contributed by atoms with Crippen LogP contribution in [-0.2, 0) is 4.79 Å². The number of amides is 1. The first kappa shape index (κ1) is 12.9. The van der Waals surface area contributed by atoms with E-state index in [1.54, 1.807) is 0 Å². The summed E-state index contributed by atoms with van der Waals surface area (Å²) in [7, 11) is 0. The molecule has 2 aliphatic rings. The van der Waals surface area contributed by atoms with Gasteiger partial charge in [-0.15, -0.1) is 0 Å². The van der Waals surface area contributed by atoms with Crippen LogP contribution in [0.25, 0.3) is 0 Å². The molecular weight excluding hydrogens is 212 g/mol. The van der Waals surface area contributed by atoms with Crippen molar-refractivity contribution in [1.82, 2.24) is 10.2 Å². The topological polar surface area (TPSA) is 32.3 Å². The van der Waals surface area contributed by atoms with Crippen LogP contribution in [0, 0.1) is 11.3 Å². The first-order valence-electron chi connectivity index (χ1n) is 7.16. The summed E-state index contributed by atoms with van der Waals surface area (Å²) in [5, 5.41) is 3.44. The average molecular weight is 238 g/mol. The summed E-state index contributed by atoms with van der Waals surface area (Å²) in [6, 6.07) is 0. The maximum atomic E-state index is 12.1. The molecule has 1 unspecified atom stereocenters. The summed E-state index contributed by atoms with van der Waals surface area (Å²) in [4.78, 5) is 14.2. The molecule has 0 bridgehead atoms. The third-order valence-electron chi connectivity index (χ3n) is 4.83. The van der Waals surface area contributed by atoms with Gasteiger partial charge in [0.25, 0.3) is 0 Å². The molecule has 3 nitrogen and oxygen atoms in total. The van der Waals surface area contributed by atoms with Gasteiger partial charge >= 0.3 is 0 Å². The number of carbonyl (C=O) groups excluding carboxylic acids is 1. The monoisotopic (exact) mass is 238 g/mol.